The van der Waals surface area contributed by atoms with Crippen LogP contribution in [0.2, 0.25) is 0 Å². The summed E-state index contributed by atoms with van der Waals surface area (Å²) >= 11 is 0. The van der Waals surface area contributed by atoms with E-state index in [-0.39, 0.29) is 5.91 Å². The third kappa shape index (κ3) is 4.39. The summed E-state index contributed by atoms with van der Waals surface area (Å²) in [5, 5.41) is 3.00. The molecule has 2 aliphatic rings. The van der Waals surface area contributed by atoms with Crippen LogP contribution in [0.25, 0.3) is 0 Å². The van der Waals surface area contributed by atoms with Crippen molar-refractivity contribution >= 4 is 5.91 Å². The van der Waals surface area contributed by atoms with E-state index in [9.17, 15) is 4.79 Å². The molecule has 0 aromatic heterocycles. The van der Waals surface area contributed by atoms with Crippen molar-refractivity contribution in [1.29, 1.82) is 0 Å². The van der Waals surface area contributed by atoms with Gasteiger partial charge in [-0.1, -0.05) is 6.07 Å². The topological polar surface area (TPSA) is 54.0 Å². The molecule has 6 heteroatoms. The summed E-state index contributed by atoms with van der Waals surface area (Å²) in [7, 11) is 4.19. The molecule has 24 heavy (non-hydrogen) atoms. The number of amides is 1. The highest BCUT2D eigenvalue weighted by Crippen LogP contribution is 2.30. The Morgan fingerprint density at radius 1 is 1.29 bits per heavy atom. The molecular weight excluding hydrogens is 306 g/mol. The first-order valence-electron chi connectivity index (χ1n) is 8.66. The zero-order chi connectivity index (χ0) is 16.9. The maximum Gasteiger partial charge on any atom is 0.234 e. The van der Waals surface area contributed by atoms with Crippen LogP contribution in [0.5, 0.6) is 11.5 Å². The van der Waals surface area contributed by atoms with Crippen molar-refractivity contribution in [3.63, 3.8) is 0 Å². The normalized spacial score (nSPS) is 20.9. The largest absolute Gasteiger partial charge is 0.490 e. The fraction of sp³-hybridized carbons (Fsp3) is 0.611. The lowest BCUT2D eigenvalue weighted by atomic mass is 10.2. The first-order chi connectivity index (χ1) is 11.6. The van der Waals surface area contributed by atoms with Crippen LogP contribution >= 0.6 is 0 Å². The maximum absolute atomic E-state index is 12.2. The van der Waals surface area contributed by atoms with Gasteiger partial charge in [0.05, 0.1) is 19.8 Å². The van der Waals surface area contributed by atoms with E-state index in [1.807, 2.05) is 18.2 Å². The predicted molar refractivity (Wildman–Crippen MR) is 92.4 cm³/mol. The molecule has 1 atom stereocenters. The zero-order valence-electron chi connectivity index (χ0n) is 14.6. The lowest BCUT2D eigenvalue weighted by molar-refractivity contribution is -0.122. The summed E-state index contributed by atoms with van der Waals surface area (Å²) in [6.07, 6.45) is 2.02. The lowest BCUT2D eigenvalue weighted by Gasteiger charge is -2.20. The molecule has 1 fully saturated rings. The van der Waals surface area contributed by atoms with E-state index in [1.54, 1.807) is 0 Å². The van der Waals surface area contributed by atoms with E-state index in [0.717, 1.165) is 43.0 Å². The van der Waals surface area contributed by atoms with Gasteiger partial charge in [0.2, 0.25) is 5.91 Å². The van der Waals surface area contributed by atoms with E-state index in [0.29, 0.717) is 32.3 Å². The monoisotopic (exact) mass is 333 g/mol. The molecule has 3 rings (SSSR count). The SMILES string of the molecule is CN(C)[C@@H]1CCN(CC(=O)NCc2ccc3c(c2)OCCCO3)C1. The Morgan fingerprint density at radius 3 is 2.83 bits per heavy atom. The van der Waals surface area contributed by atoms with Crippen LogP contribution in [0.15, 0.2) is 18.2 Å². The van der Waals surface area contributed by atoms with Gasteiger partial charge in [0.15, 0.2) is 11.5 Å². The number of nitrogens with one attached hydrogen (secondary N) is 1. The fourth-order valence-electron chi connectivity index (χ4n) is 3.15. The van der Waals surface area contributed by atoms with Gasteiger partial charge >= 0.3 is 0 Å². The molecule has 2 heterocycles. The first-order valence-corrected chi connectivity index (χ1v) is 8.66. The third-order valence-electron chi connectivity index (χ3n) is 4.65. The average Bonchev–Trinajstić information content (AvgIpc) is 2.90. The van der Waals surface area contributed by atoms with Gasteiger partial charge in [-0.05, 0) is 38.2 Å². The molecule has 6 nitrogen and oxygen atoms in total. The van der Waals surface area contributed by atoms with Crippen LogP contribution in [0.4, 0.5) is 0 Å². The maximum atomic E-state index is 12.2. The summed E-state index contributed by atoms with van der Waals surface area (Å²) in [5.74, 6) is 1.63. The van der Waals surface area contributed by atoms with E-state index in [4.69, 9.17) is 9.47 Å². The molecule has 132 valence electrons. The standard InChI is InChI=1S/C18H27N3O3/c1-20(2)15-6-7-21(12-15)13-18(22)19-11-14-4-5-16-17(10-14)24-9-3-8-23-16/h4-5,10,15H,3,6-9,11-13H2,1-2H3,(H,19,22)/t15-/m1/s1. The second-order valence-electron chi connectivity index (χ2n) is 6.75. The Hall–Kier alpha value is -1.79. The van der Waals surface area contributed by atoms with Crippen LogP contribution in [-0.4, -0.2) is 68.7 Å². The van der Waals surface area contributed by atoms with Gasteiger partial charge in [-0.15, -0.1) is 0 Å². The third-order valence-corrected chi connectivity index (χ3v) is 4.65. The number of likely N-dealkylation sites (N-methyl/N-ethyl adjacent to an activating group) is 1. The summed E-state index contributed by atoms with van der Waals surface area (Å²) < 4.78 is 11.3. The van der Waals surface area contributed by atoms with Gasteiger partial charge in [0.1, 0.15) is 0 Å². The zero-order valence-corrected chi connectivity index (χ0v) is 14.6. The average molecular weight is 333 g/mol. The summed E-state index contributed by atoms with van der Waals surface area (Å²) in [6.45, 7) is 4.29. The minimum absolute atomic E-state index is 0.0708. The van der Waals surface area contributed by atoms with E-state index >= 15 is 0 Å². The highest BCUT2D eigenvalue weighted by atomic mass is 16.5. The number of fused-ring (bicyclic) bond motifs is 1. The number of benzene rings is 1. The Kier molecular flexibility index (Phi) is 5.58. The minimum Gasteiger partial charge on any atom is -0.490 e. The van der Waals surface area contributed by atoms with Gasteiger partial charge in [-0.2, -0.15) is 0 Å². The Balaban J connectivity index is 1.47. The van der Waals surface area contributed by atoms with Gasteiger partial charge < -0.3 is 19.7 Å². The Bertz CT molecular complexity index is 577. The number of likely N-dealkylation sites (tertiary alicyclic amines) is 1. The van der Waals surface area contributed by atoms with Crippen LogP contribution in [0.1, 0.15) is 18.4 Å². The molecule has 0 bridgehead atoms. The molecule has 0 spiro atoms. The summed E-state index contributed by atoms with van der Waals surface area (Å²) in [6, 6.07) is 6.41. The smallest absolute Gasteiger partial charge is 0.234 e. The van der Waals surface area contributed by atoms with Crippen molar-refractivity contribution in [1.82, 2.24) is 15.1 Å². The highest BCUT2D eigenvalue weighted by Gasteiger charge is 2.25. The molecule has 1 aromatic carbocycles. The fourth-order valence-corrected chi connectivity index (χ4v) is 3.15. The van der Waals surface area contributed by atoms with Crippen LogP contribution in [0, 0.1) is 0 Å². The van der Waals surface area contributed by atoms with Crippen LogP contribution in [-0.2, 0) is 11.3 Å². The minimum atomic E-state index is 0.0708. The molecule has 0 unspecified atom stereocenters. The quantitative estimate of drug-likeness (QED) is 0.874. The van der Waals surface area contributed by atoms with Gasteiger partial charge in [-0.3, -0.25) is 9.69 Å². The van der Waals surface area contributed by atoms with E-state index < -0.39 is 0 Å². The lowest BCUT2D eigenvalue weighted by Crippen LogP contribution is -2.38. The number of rotatable bonds is 5. The van der Waals surface area contributed by atoms with Gasteiger partial charge in [0, 0.05) is 32.1 Å². The molecule has 2 aliphatic heterocycles. The van der Waals surface area contributed by atoms with Crippen LogP contribution < -0.4 is 14.8 Å². The molecule has 0 saturated carbocycles. The van der Waals surface area contributed by atoms with Crippen LogP contribution in [0.3, 0.4) is 0 Å². The summed E-state index contributed by atoms with van der Waals surface area (Å²) in [5.41, 5.74) is 1.03. The molecule has 1 aromatic rings. The second kappa shape index (κ2) is 7.85. The Labute approximate surface area is 143 Å². The van der Waals surface area contributed by atoms with Crippen molar-refractivity contribution in [3.05, 3.63) is 23.8 Å². The van der Waals surface area contributed by atoms with E-state index in [1.165, 1.54) is 0 Å². The van der Waals surface area contributed by atoms with Crippen molar-refractivity contribution in [2.45, 2.75) is 25.4 Å². The van der Waals surface area contributed by atoms with Crippen molar-refractivity contribution in [2.75, 3.05) is 46.9 Å². The van der Waals surface area contributed by atoms with Gasteiger partial charge in [0.25, 0.3) is 0 Å². The van der Waals surface area contributed by atoms with E-state index in [2.05, 4.69) is 29.2 Å². The molecule has 1 saturated heterocycles. The second-order valence-corrected chi connectivity index (χ2v) is 6.75. The first kappa shape index (κ1) is 17.0. The number of carbonyl (C=O) groups is 1. The molecular formula is C18H27N3O3. The number of carbonyl (C=O) groups excluding carboxylic acids is 1. The molecule has 1 N–H and O–H groups in total. The highest BCUT2D eigenvalue weighted by molar-refractivity contribution is 5.78. The van der Waals surface area contributed by atoms with Crippen molar-refractivity contribution in [2.24, 2.45) is 0 Å². The molecule has 0 radical (unpaired) electrons. The number of hydrogen-bond donors (Lipinski definition) is 1. The number of nitrogens with zero attached hydrogens (tertiary/aromatic N) is 2. The molecule has 0 aliphatic carbocycles. The Morgan fingerprint density at radius 2 is 2.08 bits per heavy atom. The number of hydrogen-bond acceptors (Lipinski definition) is 5. The summed E-state index contributed by atoms with van der Waals surface area (Å²) in [4.78, 5) is 16.6. The number of ether oxygens (including phenoxy) is 2. The van der Waals surface area contributed by atoms with Crippen molar-refractivity contribution < 1.29 is 14.3 Å². The van der Waals surface area contributed by atoms with Crippen molar-refractivity contribution in [3.8, 4) is 11.5 Å². The predicted octanol–water partition coefficient (Wildman–Crippen LogP) is 1.10. The molecule has 1 amide bonds. The van der Waals surface area contributed by atoms with Gasteiger partial charge in [-0.25, -0.2) is 0 Å².